The molecule has 172 valence electrons. The summed E-state index contributed by atoms with van der Waals surface area (Å²) in [6.07, 6.45) is 0.749. The molecular weight excluding hydrogens is 422 g/mol. The fourth-order valence-electron chi connectivity index (χ4n) is 5.17. The number of benzene rings is 3. The Labute approximate surface area is 200 Å². The van der Waals surface area contributed by atoms with Gasteiger partial charge < -0.3 is 14.8 Å². The van der Waals surface area contributed by atoms with E-state index in [9.17, 15) is 9.59 Å². The molecule has 2 heterocycles. The molecule has 0 fully saturated rings. The lowest BCUT2D eigenvalue weighted by Crippen LogP contribution is -2.47. The Hall–Kier alpha value is -3.86. The molecule has 2 atom stereocenters. The van der Waals surface area contributed by atoms with Crippen LogP contribution in [-0.4, -0.2) is 33.9 Å². The molecule has 0 saturated heterocycles. The molecule has 0 bridgehead atoms. The number of nitrogens with zero attached hydrogens (tertiary/aromatic N) is 2. The molecule has 5 heteroatoms. The first-order chi connectivity index (χ1) is 16.5. The maximum absolute atomic E-state index is 13.6. The smallest absolute Gasteiger partial charge is 0.255 e. The van der Waals surface area contributed by atoms with Gasteiger partial charge in [0.2, 0.25) is 5.91 Å². The Balaban J connectivity index is 1.49. The number of aromatic nitrogens is 1. The lowest BCUT2D eigenvalue weighted by molar-refractivity contribution is -0.125. The summed E-state index contributed by atoms with van der Waals surface area (Å²) >= 11 is 0. The maximum Gasteiger partial charge on any atom is 0.255 e. The Kier molecular flexibility index (Phi) is 5.70. The van der Waals surface area contributed by atoms with Crippen molar-refractivity contribution in [1.82, 2.24) is 14.8 Å². The van der Waals surface area contributed by atoms with Crippen molar-refractivity contribution >= 4 is 22.7 Å². The van der Waals surface area contributed by atoms with Gasteiger partial charge in [0.1, 0.15) is 6.04 Å². The van der Waals surface area contributed by atoms with Crippen LogP contribution < -0.4 is 5.32 Å². The third-order valence-corrected chi connectivity index (χ3v) is 7.07. The van der Waals surface area contributed by atoms with Crippen LogP contribution >= 0.6 is 0 Å². The number of carbonyl (C=O) groups excluding carboxylic acids is 2. The second-order valence-corrected chi connectivity index (χ2v) is 8.98. The predicted octanol–water partition coefficient (Wildman–Crippen LogP) is 4.78. The van der Waals surface area contributed by atoms with Gasteiger partial charge in [-0.3, -0.25) is 9.59 Å². The molecule has 1 aromatic heterocycles. The summed E-state index contributed by atoms with van der Waals surface area (Å²) in [7, 11) is 2.05. The van der Waals surface area contributed by atoms with E-state index in [1.165, 1.54) is 5.56 Å². The van der Waals surface area contributed by atoms with E-state index in [2.05, 4.69) is 41.1 Å². The van der Waals surface area contributed by atoms with Gasteiger partial charge in [0, 0.05) is 41.3 Å². The van der Waals surface area contributed by atoms with Crippen LogP contribution in [0.2, 0.25) is 0 Å². The van der Waals surface area contributed by atoms with Gasteiger partial charge in [-0.05, 0) is 43.5 Å². The van der Waals surface area contributed by atoms with Crippen LogP contribution in [0.5, 0.6) is 0 Å². The molecule has 3 aromatic carbocycles. The molecule has 0 radical (unpaired) electrons. The van der Waals surface area contributed by atoms with E-state index >= 15 is 0 Å². The number of fused-ring (bicyclic) bond motifs is 2. The number of para-hydroxylation sites is 1. The summed E-state index contributed by atoms with van der Waals surface area (Å²) in [6.45, 7) is 4.44. The SMILES string of the molecule is Cc1c(C2c3ccccc3C(=O)N2C(C)C(=O)NCCc2ccccc2)c2ccccc2n1C. The van der Waals surface area contributed by atoms with Gasteiger partial charge in [0.15, 0.2) is 0 Å². The zero-order valence-corrected chi connectivity index (χ0v) is 19.8. The average Bonchev–Trinajstić information content (AvgIpc) is 3.29. The highest BCUT2D eigenvalue weighted by Crippen LogP contribution is 2.44. The van der Waals surface area contributed by atoms with Gasteiger partial charge in [-0.1, -0.05) is 66.7 Å². The fourth-order valence-corrected chi connectivity index (χ4v) is 5.17. The van der Waals surface area contributed by atoms with Crippen molar-refractivity contribution in [3.8, 4) is 0 Å². The molecular formula is C29H29N3O2. The van der Waals surface area contributed by atoms with Gasteiger partial charge in [0.25, 0.3) is 5.91 Å². The molecule has 4 aromatic rings. The topological polar surface area (TPSA) is 54.3 Å². The molecule has 1 N–H and O–H groups in total. The number of aryl methyl sites for hydroxylation is 1. The van der Waals surface area contributed by atoms with Crippen molar-refractivity contribution in [3.05, 3.63) is 107 Å². The first-order valence-electron chi connectivity index (χ1n) is 11.8. The van der Waals surface area contributed by atoms with Gasteiger partial charge >= 0.3 is 0 Å². The lowest BCUT2D eigenvalue weighted by atomic mass is 9.95. The third kappa shape index (κ3) is 3.58. The minimum Gasteiger partial charge on any atom is -0.354 e. The van der Waals surface area contributed by atoms with Crippen LogP contribution in [-0.2, 0) is 18.3 Å². The Bertz CT molecular complexity index is 1370. The first-order valence-corrected chi connectivity index (χ1v) is 11.8. The zero-order valence-electron chi connectivity index (χ0n) is 19.8. The monoisotopic (exact) mass is 451 g/mol. The highest BCUT2D eigenvalue weighted by atomic mass is 16.2. The highest BCUT2D eigenvalue weighted by molar-refractivity contribution is 6.03. The number of rotatable bonds is 6. The van der Waals surface area contributed by atoms with Crippen LogP contribution in [0.25, 0.3) is 10.9 Å². The van der Waals surface area contributed by atoms with Crippen molar-refractivity contribution in [3.63, 3.8) is 0 Å². The Morgan fingerprint density at radius 3 is 2.44 bits per heavy atom. The summed E-state index contributed by atoms with van der Waals surface area (Å²) in [5.74, 6) is -0.237. The van der Waals surface area contributed by atoms with Crippen LogP contribution in [0.15, 0.2) is 78.9 Å². The number of amides is 2. The highest BCUT2D eigenvalue weighted by Gasteiger charge is 2.43. The molecule has 2 amide bonds. The van der Waals surface area contributed by atoms with Crippen molar-refractivity contribution in [2.45, 2.75) is 32.4 Å². The summed E-state index contributed by atoms with van der Waals surface area (Å²) in [4.78, 5) is 28.6. The molecule has 1 aliphatic heterocycles. The van der Waals surface area contributed by atoms with Crippen molar-refractivity contribution < 1.29 is 9.59 Å². The molecule has 1 aliphatic rings. The minimum absolute atomic E-state index is 0.0985. The first kappa shape index (κ1) is 22.0. The van der Waals surface area contributed by atoms with E-state index in [1.54, 1.807) is 4.90 Å². The maximum atomic E-state index is 13.6. The number of carbonyl (C=O) groups is 2. The van der Waals surface area contributed by atoms with E-state index in [1.807, 2.05) is 68.6 Å². The van der Waals surface area contributed by atoms with Crippen LogP contribution in [0, 0.1) is 6.92 Å². The molecule has 5 rings (SSSR count). The Morgan fingerprint density at radius 1 is 0.971 bits per heavy atom. The van der Waals surface area contributed by atoms with Crippen LogP contribution in [0.1, 0.15) is 45.7 Å². The molecule has 0 spiro atoms. The summed E-state index contributed by atoms with van der Waals surface area (Å²) < 4.78 is 2.17. The minimum atomic E-state index is -0.612. The molecule has 0 saturated carbocycles. The second-order valence-electron chi connectivity index (χ2n) is 8.98. The van der Waals surface area contributed by atoms with Gasteiger partial charge in [-0.2, -0.15) is 0 Å². The van der Waals surface area contributed by atoms with E-state index in [0.29, 0.717) is 12.1 Å². The molecule has 5 nitrogen and oxygen atoms in total. The van der Waals surface area contributed by atoms with Crippen molar-refractivity contribution in [2.24, 2.45) is 7.05 Å². The largest absolute Gasteiger partial charge is 0.354 e. The number of hydrogen-bond acceptors (Lipinski definition) is 2. The number of hydrogen-bond donors (Lipinski definition) is 1. The fraction of sp³-hybridized carbons (Fsp3) is 0.241. The van der Waals surface area contributed by atoms with Crippen LogP contribution in [0.4, 0.5) is 0 Å². The zero-order chi connectivity index (χ0) is 23.8. The number of nitrogens with one attached hydrogen (secondary N) is 1. The summed E-state index contributed by atoms with van der Waals surface area (Å²) in [5, 5.41) is 4.16. The van der Waals surface area contributed by atoms with Crippen molar-refractivity contribution in [1.29, 1.82) is 0 Å². The Morgan fingerprint density at radius 2 is 1.65 bits per heavy atom. The van der Waals surface area contributed by atoms with E-state index in [0.717, 1.165) is 34.1 Å². The summed E-state index contributed by atoms with van der Waals surface area (Å²) in [5.41, 5.74) is 6.09. The third-order valence-electron chi connectivity index (χ3n) is 7.07. The van der Waals surface area contributed by atoms with E-state index in [-0.39, 0.29) is 17.9 Å². The standard InChI is InChI=1S/C29H29N3O2/c1-19-26(24-15-9-10-16-25(24)31(19)3)27-22-13-7-8-14-23(22)29(34)32(27)20(2)28(33)30-18-17-21-11-5-4-6-12-21/h4-16,20,27H,17-18H2,1-3H3,(H,30,33). The lowest BCUT2D eigenvalue weighted by Gasteiger charge is -2.31. The van der Waals surface area contributed by atoms with Gasteiger partial charge in [0.05, 0.1) is 6.04 Å². The van der Waals surface area contributed by atoms with Crippen LogP contribution in [0.3, 0.4) is 0 Å². The van der Waals surface area contributed by atoms with E-state index in [4.69, 9.17) is 0 Å². The van der Waals surface area contributed by atoms with Gasteiger partial charge in [-0.25, -0.2) is 0 Å². The quantitative estimate of drug-likeness (QED) is 0.459. The molecule has 0 aliphatic carbocycles. The normalized spacial score (nSPS) is 16.0. The second kappa shape index (κ2) is 8.82. The molecule has 34 heavy (non-hydrogen) atoms. The van der Waals surface area contributed by atoms with E-state index < -0.39 is 6.04 Å². The average molecular weight is 452 g/mol. The summed E-state index contributed by atoms with van der Waals surface area (Å²) in [6, 6.07) is 25.1. The van der Waals surface area contributed by atoms with Crippen molar-refractivity contribution in [2.75, 3.05) is 6.54 Å². The van der Waals surface area contributed by atoms with Gasteiger partial charge in [-0.15, -0.1) is 0 Å². The molecule has 2 unspecified atom stereocenters. The predicted molar refractivity (Wildman–Crippen MR) is 135 cm³/mol.